The summed E-state index contributed by atoms with van der Waals surface area (Å²) in [5, 5.41) is 12.8. The topological polar surface area (TPSA) is 32.3 Å². The van der Waals surface area contributed by atoms with Crippen LogP contribution in [-0.4, -0.2) is 23.8 Å². The van der Waals surface area contributed by atoms with E-state index in [1.807, 2.05) is 0 Å². The molecule has 0 saturated carbocycles. The van der Waals surface area contributed by atoms with Gasteiger partial charge in [0.15, 0.2) is 0 Å². The minimum Gasteiger partial charge on any atom is -0.377 e. The van der Waals surface area contributed by atoms with Crippen molar-refractivity contribution in [3.05, 3.63) is 12.7 Å². The van der Waals surface area contributed by atoms with Crippen molar-refractivity contribution in [2.45, 2.75) is 90.2 Å². The summed E-state index contributed by atoms with van der Waals surface area (Å²) in [5.74, 6) is 11.4. The Morgan fingerprint density at radius 1 is 0.913 bits per heavy atom. The predicted octanol–water partition coefficient (Wildman–Crippen LogP) is 4.44. The van der Waals surface area contributed by atoms with E-state index in [9.17, 15) is 5.11 Å². The third kappa shape index (κ3) is 15.4. The summed E-state index contributed by atoms with van der Waals surface area (Å²) in [7, 11) is 0. The molecule has 2 atom stereocenters. The van der Waals surface area contributed by atoms with Crippen molar-refractivity contribution in [3.63, 3.8) is 0 Å². The molecule has 0 bridgehead atoms. The molecule has 0 aliphatic heterocycles. The monoisotopic (exact) mass is 317 g/mol. The molecule has 130 valence electrons. The zero-order valence-corrected chi connectivity index (χ0v) is 15.2. The van der Waals surface area contributed by atoms with Crippen LogP contribution in [0.5, 0.6) is 0 Å². The first kappa shape index (κ1) is 21.8. The van der Waals surface area contributed by atoms with E-state index in [1.54, 1.807) is 0 Å². The van der Waals surface area contributed by atoms with Gasteiger partial charge in [0, 0.05) is 0 Å². The van der Waals surface area contributed by atoms with Gasteiger partial charge in [-0.15, -0.1) is 0 Å². The van der Waals surface area contributed by atoms with Crippen LogP contribution in [0.2, 0.25) is 0 Å². The Labute approximate surface area is 144 Å². The SMILES string of the molecule is C=C[C@H](O)C#CC#C[C@@H](CCCCCCCCC)NCCCC. The average molecular weight is 318 g/mol. The molecule has 0 aliphatic carbocycles. The van der Waals surface area contributed by atoms with Gasteiger partial charge in [-0.05, 0) is 31.2 Å². The van der Waals surface area contributed by atoms with Gasteiger partial charge < -0.3 is 10.4 Å². The molecule has 2 N–H and O–H groups in total. The van der Waals surface area contributed by atoms with Gasteiger partial charge in [-0.1, -0.05) is 89.7 Å². The van der Waals surface area contributed by atoms with Gasteiger partial charge in [-0.2, -0.15) is 0 Å². The highest BCUT2D eigenvalue weighted by Crippen LogP contribution is 2.09. The molecule has 0 aliphatic rings. The number of aliphatic hydroxyl groups is 1. The molecular formula is C21H35NO. The summed E-state index contributed by atoms with van der Waals surface area (Å²) in [4.78, 5) is 0. The lowest BCUT2D eigenvalue weighted by Crippen LogP contribution is -2.28. The smallest absolute Gasteiger partial charge is 0.134 e. The Bertz CT molecular complexity index is 394. The number of nitrogens with one attached hydrogen (secondary N) is 1. The molecule has 0 aromatic carbocycles. The van der Waals surface area contributed by atoms with Gasteiger partial charge in [0.1, 0.15) is 6.10 Å². The van der Waals surface area contributed by atoms with E-state index in [4.69, 9.17) is 0 Å². The Hall–Kier alpha value is -1.22. The summed E-state index contributed by atoms with van der Waals surface area (Å²) >= 11 is 0. The maximum Gasteiger partial charge on any atom is 0.134 e. The lowest BCUT2D eigenvalue weighted by molar-refractivity contribution is 0.281. The second-order valence-corrected chi connectivity index (χ2v) is 5.99. The second kappa shape index (κ2) is 17.1. The number of aliphatic hydroxyl groups excluding tert-OH is 1. The van der Waals surface area contributed by atoms with Gasteiger partial charge in [-0.25, -0.2) is 0 Å². The first-order chi connectivity index (χ1) is 11.2. The van der Waals surface area contributed by atoms with Gasteiger partial charge in [0.25, 0.3) is 0 Å². The van der Waals surface area contributed by atoms with Crippen molar-refractivity contribution in [1.82, 2.24) is 5.32 Å². The van der Waals surface area contributed by atoms with Crippen LogP contribution in [0.3, 0.4) is 0 Å². The van der Waals surface area contributed by atoms with Crippen molar-refractivity contribution >= 4 is 0 Å². The zero-order valence-electron chi connectivity index (χ0n) is 15.2. The highest BCUT2D eigenvalue weighted by atomic mass is 16.3. The maximum absolute atomic E-state index is 9.28. The summed E-state index contributed by atoms with van der Waals surface area (Å²) < 4.78 is 0. The molecule has 0 amide bonds. The fraction of sp³-hybridized carbons (Fsp3) is 0.714. The molecule has 0 heterocycles. The van der Waals surface area contributed by atoms with Crippen molar-refractivity contribution in [2.75, 3.05) is 6.54 Å². The first-order valence-corrected chi connectivity index (χ1v) is 9.29. The molecule has 23 heavy (non-hydrogen) atoms. The first-order valence-electron chi connectivity index (χ1n) is 9.29. The lowest BCUT2D eigenvalue weighted by atomic mass is 10.0. The highest BCUT2D eigenvalue weighted by molar-refractivity contribution is 5.30. The minimum absolute atomic E-state index is 0.215. The lowest BCUT2D eigenvalue weighted by Gasteiger charge is -2.12. The molecule has 0 aromatic heterocycles. The van der Waals surface area contributed by atoms with E-state index >= 15 is 0 Å². The molecule has 0 aromatic rings. The van der Waals surface area contributed by atoms with Crippen LogP contribution in [0, 0.1) is 23.7 Å². The van der Waals surface area contributed by atoms with Gasteiger partial charge >= 0.3 is 0 Å². The summed E-state index contributed by atoms with van der Waals surface area (Å²) in [5.41, 5.74) is 0. The number of unbranched alkanes of at least 4 members (excludes halogenated alkanes) is 7. The Morgan fingerprint density at radius 2 is 1.52 bits per heavy atom. The molecule has 2 nitrogen and oxygen atoms in total. The molecule has 0 fully saturated rings. The molecule has 0 radical (unpaired) electrons. The van der Waals surface area contributed by atoms with E-state index in [2.05, 4.69) is 49.4 Å². The third-order valence-corrected chi connectivity index (χ3v) is 3.77. The molecule has 0 saturated heterocycles. The fourth-order valence-electron chi connectivity index (χ4n) is 2.28. The van der Waals surface area contributed by atoms with E-state index < -0.39 is 6.10 Å². The van der Waals surface area contributed by atoms with Crippen LogP contribution in [0.1, 0.15) is 78.1 Å². The Kier molecular flexibility index (Phi) is 16.2. The summed E-state index contributed by atoms with van der Waals surface area (Å²) in [6.45, 7) is 8.94. The quantitative estimate of drug-likeness (QED) is 0.299. The fourth-order valence-corrected chi connectivity index (χ4v) is 2.28. The van der Waals surface area contributed by atoms with Crippen LogP contribution in [0.4, 0.5) is 0 Å². The van der Waals surface area contributed by atoms with Crippen LogP contribution >= 0.6 is 0 Å². The minimum atomic E-state index is -0.779. The number of hydrogen-bond donors (Lipinski definition) is 2. The second-order valence-electron chi connectivity index (χ2n) is 5.99. The third-order valence-electron chi connectivity index (χ3n) is 3.77. The van der Waals surface area contributed by atoms with Crippen molar-refractivity contribution in [1.29, 1.82) is 0 Å². The summed E-state index contributed by atoms with van der Waals surface area (Å²) in [6.07, 6.45) is 13.3. The largest absolute Gasteiger partial charge is 0.377 e. The van der Waals surface area contributed by atoms with E-state index in [0.717, 1.165) is 13.0 Å². The van der Waals surface area contributed by atoms with Crippen LogP contribution in [0.15, 0.2) is 12.7 Å². The van der Waals surface area contributed by atoms with E-state index in [0.29, 0.717) is 0 Å². The van der Waals surface area contributed by atoms with Gasteiger partial charge in [0.05, 0.1) is 6.04 Å². The van der Waals surface area contributed by atoms with E-state index in [-0.39, 0.29) is 6.04 Å². The molecular weight excluding hydrogens is 282 g/mol. The molecule has 2 heteroatoms. The highest BCUT2D eigenvalue weighted by Gasteiger charge is 2.03. The standard InChI is InChI=1S/C21H35NO/c1-4-7-9-10-11-12-13-16-20(22-19-8-5-2)17-14-15-18-21(23)6-3/h6,20-23H,3-5,7-13,16,19H2,1-2H3/t20-,21+/m1/s1. The molecule has 0 rings (SSSR count). The normalized spacial score (nSPS) is 12.5. The Morgan fingerprint density at radius 3 is 2.17 bits per heavy atom. The van der Waals surface area contributed by atoms with Crippen molar-refractivity contribution in [2.24, 2.45) is 0 Å². The van der Waals surface area contributed by atoms with Crippen molar-refractivity contribution < 1.29 is 5.11 Å². The van der Waals surface area contributed by atoms with Gasteiger partial charge in [-0.3, -0.25) is 0 Å². The molecule has 0 unspecified atom stereocenters. The van der Waals surface area contributed by atoms with Crippen molar-refractivity contribution in [3.8, 4) is 23.7 Å². The predicted molar refractivity (Wildman–Crippen MR) is 101 cm³/mol. The van der Waals surface area contributed by atoms with E-state index in [1.165, 1.54) is 63.9 Å². The van der Waals surface area contributed by atoms with Crippen LogP contribution in [0.25, 0.3) is 0 Å². The number of hydrogen-bond acceptors (Lipinski definition) is 2. The zero-order chi connectivity index (χ0) is 17.2. The van der Waals surface area contributed by atoms with Crippen LogP contribution in [-0.2, 0) is 0 Å². The molecule has 0 spiro atoms. The average Bonchev–Trinajstić information content (AvgIpc) is 2.57. The maximum atomic E-state index is 9.28. The van der Waals surface area contributed by atoms with Gasteiger partial charge in [0.2, 0.25) is 0 Å². The number of rotatable bonds is 13. The Balaban J connectivity index is 4.10. The summed E-state index contributed by atoms with van der Waals surface area (Å²) in [6, 6.07) is 0.215. The van der Waals surface area contributed by atoms with Crippen LogP contribution < -0.4 is 5.32 Å².